The van der Waals surface area contributed by atoms with Crippen LogP contribution in [-0.2, 0) is 4.74 Å². The summed E-state index contributed by atoms with van der Waals surface area (Å²) in [6.45, 7) is 9.45. The van der Waals surface area contributed by atoms with Gasteiger partial charge in [-0.3, -0.25) is 53.3 Å². The van der Waals surface area contributed by atoms with E-state index in [2.05, 4.69) is 31.1 Å². The summed E-state index contributed by atoms with van der Waals surface area (Å²) in [5.41, 5.74) is 6.75. The summed E-state index contributed by atoms with van der Waals surface area (Å²) in [6, 6.07) is 14.2. The maximum atomic E-state index is 14.1. The monoisotopic (exact) mass is 1240 g/mol. The number of para-hydroxylation sites is 3. The Labute approximate surface area is 507 Å². The lowest BCUT2D eigenvalue weighted by molar-refractivity contribution is 0.0525. The highest BCUT2D eigenvalue weighted by atomic mass is 32.2. The van der Waals surface area contributed by atoms with Gasteiger partial charge in [-0.2, -0.15) is 0 Å². The highest BCUT2D eigenvalue weighted by Gasteiger charge is 2.33. The fourth-order valence-electron chi connectivity index (χ4n) is 9.37. The number of ether oxygens (including phenoxy) is 4. The Morgan fingerprint density at radius 3 is 1.28 bits per heavy atom. The number of hydrogen-bond acceptors (Lipinski definition) is 20. The van der Waals surface area contributed by atoms with Gasteiger partial charge in [0.15, 0.2) is 0 Å². The zero-order chi connectivity index (χ0) is 59.5. The highest BCUT2D eigenvalue weighted by Crippen LogP contribution is 2.32. The Balaban J connectivity index is 1.23. The molecule has 0 aromatic heterocycles. The first-order valence-corrected chi connectivity index (χ1v) is 30.9. The van der Waals surface area contributed by atoms with Gasteiger partial charge >= 0.3 is 6.09 Å². The molecule has 3 fully saturated rings. The number of unbranched alkanes of at least 4 members (excludes halogenated alkanes) is 1. The van der Waals surface area contributed by atoms with Crippen LogP contribution in [-0.4, -0.2) is 214 Å². The molecule has 21 nitrogen and oxygen atoms in total. The number of hydrogen-bond donors (Lipinski definition) is 5. The molecule has 1 atom stereocenters. The molecule has 3 aromatic rings. The minimum Gasteiger partial charge on any atom is -0.495 e. The van der Waals surface area contributed by atoms with E-state index in [0.29, 0.717) is 95.3 Å². The second-order valence-corrected chi connectivity index (χ2v) is 25.0. The number of nitrogens with one attached hydrogen (secondary N) is 4. The van der Waals surface area contributed by atoms with Crippen LogP contribution in [0, 0.1) is 0 Å². The second-order valence-electron chi connectivity index (χ2n) is 19.8. The van der Waals surface area contributed by atoms with E-state index in [4.69, 9.17) is 61.3 Å². The molecule has 3 saturated heterocycles. The normalized spacial score (nSPS) is 14.7. The summed E-state index contributed by atoms with van der Waals surface area (Å²) >= 11 is 20.5. The number of rotatable bonds is 28. The maximum absolute atomic E-state index is 14.1. The third-order valence-corrected chi connectivity index (χ3v) is 17.5. The zero-order valence-corrected chi connectivity index (χ0v) is 51.9. The van der Waals surface area contributed by atoms with Crippen LogP contribution in [0.2, 0.25) is 0 Å². The van der Waals surface area contributed by atoms with Gasteiger partial charge in [0.1, 0.15) is 35.8 Å². The molecule has 3 aliphatic heterocycles. The van der Waals surface area contributed by atoms with Gasteiger partial charge in [0.25, 0.3) is 35.4 Å². The average molecular weight is 1240 g/mol. The summed E-state index contributed by atoms with van der Waals surface area (Å²) in [5.74, 6) is -0.122. The van der Waals surface area contributed by atoms with Crippen molar-refractivity contribution in [3.8, 4) is 17.2 Å². The van der Waals surface area contributed by atoms with Crippen LogP contribution in [0.25, 0.3) is 0 Å². The smallest absolute Gasteiger partial charge is 0.407 e. The topological polar surface area (TPSA) is 247 Å². The van der Waals surface area contributed by atoms with Crippen LogP contribution in [0.4, 0.5) is 4.79 Å². The van der Waals surface area contributed by atoms with Crippen LogP contribution >= 0.6 is 71.9 Å². The maximum Gasteiger partial charge on any atom is 0.407 e. The molecule has 82 heavy (non-hydrogen) atoms. The molecule has 0 radical (unpaired) electrons. The molecular formula is C55H72N10O11S6. The Morgan fingerprint density at radius 1 is 0.561 bits per heavy atom. The standard InChI is InChI=1S/C55H72N10O11S6/c1-55(2,3)76-51(72)60-20-8-7-12-35(62(24-19-56)27-23-59-47(68)38-15-11-18-41(44(38)75-6)50(71)65-30-33-82-54(65)79)34-61(25-21-57-45(66)36-13-9-16-39(42(36)73-4)48(69)63-28-31-80-52(63)77)26-22-58-46(67)37-14-10-17-40(43(37)74-5)49(70)64-29-32-81-53(64)78/h9-11,13-18,35H,7-8,12,19-34,56H2,1-6H3,(H,57,66)(H,58,67)(H,59,68)(H,60,72). The van der Waals surface area contributed by atoms with Crippen molar-refractivity contribution in [3.05, 3.63) is 88.0 Å². The van der Waals surface area contributed by atoms with Crippen molar-refractivity contribution in [2.75, 3.05) is 124 Å². The van der Waals surface area contributed by atoms with E-state index in [1.165, 1.54) is 71.3 Å². The molecule has 6 N–H and O–H groups in total. The van der Waals surface area contributed by atoms with E-state index >= 15 is 0 Å². The number of carbonyl (C=O) groups is 7. The van der Waals surface area contributed by atoms with Gasteiger partial charge in [-0.05, 0) is 70.0 Å². The number of amides is 7. The highest BCUT2D eigenvalue weighted by molar-refractivity contribution is 8.24. The molecule has 3 heterocycles. The van der Waals surface area contributed by atoms with Crippen LogP contribution in [0.1, 0.15) is 102 Å². The lowest BCUT2D eigenvalue weighted by Crippen LogP contribution is -2.50. The van der Waals surface area contributed by atoms with Gasteiger partial charge in [-0.25, -0.2) is 4.79 Å². The van der Waals surface area contributed by atoms with Crippen molar-refractivity contribution >= 4 is 126 Å². The summed E-state index contributed by atoms with van der Waals surface area (Å²) < 4.78 is 23.9. The van der Waals surface area contributed by atoms with Crippen LogP contribution in [0.3, 0.4) is 0 Å². The van der Waals surface area contributed by atoms with E-state index in [1.807, 2.05) is 0 Å². The van der Waals surface area contributed by atoms with Crippen molar-refractivity contribution in [2.24, 2.45) is 5.73 Å². The van der Waals surface area contributed by atoms with Crippen LogP contribution < -0.4 is 41.2 Å². The Morgan fingerprint density at radius 2 is 0.939 bits per heavy atom. The molecule has 0 aliphatic carbocycles. The minimum atomic E-state index is -0.672. The third kappa shape index (κ3) is 17.7. The molecular weight excluding hydrogens is 1170 g/mol. The summed E-state index contributed by atoms with van der Waals surface area (Å²) in [6.07, 6.45) is 1.32. The number of thioether (sulfide) groups is 3. The van der Waals surface area contributed by atoms with E-state index in [0.717, 1.165) is 0 Å². The zero-order valence-electron chi connectivity index (χ0n) is 47.0. The van der Waals surface area contributed by atoms with Gasteiger partial charge in [0, 0.05) is 108 Å². The Hall–Kier alpha value is -5.65. The van der Waals surface area contributed by atoms with Gasteiger partial charge < -0.3 is 45.9 Å². The van der Waals surface area contributed by atoms with Gasteiger partial charge in [0.05, 0.1) is 54.7 Å². The summed E-state index contributed by atoms with van der Waals surface area (Å²) in [7, 11) is 4.21. The number of benzene rings is 3. The first kappa shape index (κ1) is 65.5. The van der Waals surface area contributed by atoms with Gasteiger partial charge in [0.2, 0.25) is 0 Å². The molecule has 0 spiro atoms. The van der Waals surface area contributed by atoms with Crippen molar-refractivity contribution in [1.29, 1.82) is 0 Å². The largest absolute Gasteiger partial charge is 0.495 e. The predicted octanol–water partition coefficient (Wildman–Crippen LogP) is 5.35. The predicted molar refractivity (Wildman–Crippen MR) is 333 cm³/mol. The first-order chi connectivity index (χ1) is 39.3. The number of nitrogens with two attached hydrogens (primary N) is 1. The number of nitrogens with zero attached hydrogens (tertiary/aromatic N) is 5. The minimum absolute atomic E-state index is 0.115. The van der Waals surface area contributed by atoms with Crippen molar-refractivity contribution in [1.82, 2.24) is 45.8 Å². The number of methoxy groups -OCH3 is 3. The van der Waals surface area contributed by atoms with Crippen molar-refractivity contribution in [3.63, 3.8) is 0 Å². The molecule has 27 heteroatoms. The number of carbonyl (C=O) groups excluding carboxylic acids is 7. The van der Waals surface area contributed by atoms with Crippen LogP contribution in [0.15, 0.2) is 54.6 Å². The lowest BCUT2D eigenvalue weighted by atomic mass is 10.1. The fourth-order valence-corrected chi connectivity index (χ4v) is 13.0. The number of thiocarbonyl (C=S) groups is 3. The van der Waals surface area contributed by atoms with Crippen molar-refractivity contribution < 1.29 is 52.5 Å². The van der Waals surface area contributed by atoms with E-state index in [9.17, 15) is 33.6 Å². The Kier molecular flexibility index (Phi) is 25.4. The van der Waals surface area contributed by atoms with E-state index in [1.54, 1.807) is 75.4 Å². The van der Waals surface area contributed by atoms with Gasteiger partial charge in [-0.1, -0.05) is 96.6 Å². The molecule has 444 valence electrons. The molecule has 0 saturated carbocycles. The van der Waals surface area contributed by atoms with E-state index < -0.39 is 29.4 Å². The molecule has 7 amide bonds. The first-order valence-electron chi connectivity index (χ1n) is 26.8. The van der Waals surface area contributed by atoms with Crippen LogP contribution in [0.5, 0.6) is 17.2 Å². The molecule has 3 aromatic carbocycles. The second kappa shape index (κ2) is 31.9. The van der Waals surface area contributed by atoms with Gasteiger partial charge in [-0.15, -0.1) is 0 Å². The van der Waals surface area contributed by atoms with E-state index in [-0.39, 0.29) is 114 Å². The average Bonchev–Trinajstić information content (AvgIpc) is 4.33. The fraction of sp³-hybridized carbons (Fsp3) is 0.491. The Bertz CT molecular complexity index is 2750. The molecule has 3 aliphatic rings. The molecule has 6 rings (SSSR count). The SMILES string of the molecule is COc1c(C(=O)NCCN(CCNC(=O)c2cccc(C(=O)N3CCSC3=S)c2OC)CC(CCCCNC(=O)OC(C)(C)C)N(CCN)CCNC(=O)c2cccc(C(=O)N3CCSC3=S)c2OC)cccc1C(=O)N1CCSC1=S. The lowest BCUT2D eigenvalue weighted by Gasteiger charge is -2.36. The molecule has 0 bridgehead atoms. The molecule has 1 unspecified atom stereocenters. The number of alkyl carbamates (subject to hydrolysis) is 1. The van der Waals surface area contributed by atoms with Crippen molar-refractivity contribution in [2.45, 2.75) is 51.7 Å². The third-order valence-electron chi connectivity index (χ3n) is 13.2. The summed E-state index contributed by atoms with van der Waals surface area (Å²) in [4.78, 5) is 104. The summed E-state index contributed by atoms with van der Waals surface area (Å²) in [5, 5.41) is 11.9. The quantitative estimate of drug-likeness (QED) is 0.0454.